The highest BCUT2D eigenvalue weighted by Gasteiger charge is 2.30. The number of ether oxygens (including phenoxy) is 1. The Bertz CT molecular complexity index is 457. The van der Waals surface area contributed by atoms with Gasteiger partial charge >= 0.3 is 5.97 Å². The second kappa shape index (κ2) is 6.76. The third kappa shape index (κ3) is 3.98. The number of rotatable bonds is 6. The van der Waals surface area contributed by atoms with Crippen molar-refractivity contribution >= 4 is 5.97 Å². The van der Waals surface area contributed by atoms with Crippen molar-refractivity contribution in [2.45, 2.75) is 32.4 Å². The van der Waals surface area contributed by atoms with E-state index in [1.807, 2.05) is 0 Å². The van der Waals surface area contributed by atoms with E-state index in [1.165, 1.54) is 6.07 Å². The molecule has 1 rings (SSSR count). The Labute approximate surface area is 116 Å². The van der Waals surface area contributed by atoms with Crippen LogP contribution in [0, 0.1) is 11.6 Å². The Hall–Kier alpha value is -1.53. The molecule has 0 heterocycles. The van der Waals surface area contributed by atoms with Gasteiger partial charge in [0.15, 0.2) is 0 Å². The molecule has 0 aromatic heterocycles. The molecular weight excluding hydrogens is 268 g/mol. The van der Waals surface area contributed by atoms with Crippen molar-refractivity contribution in [1.82, 2.24) is 5.32 Å². The molecule has 2 N–H and O–H groups in total. The first-order valence-electron chi connectivity index (χ1n) is 6.33. The SMILES string of the molecule is CCOC(=O)C(C)(C)NCC(O)c1c(F)cccc1F. The van der Waals surface area contributed by atoms with Crippen LogP contribution in [-0.4, -0.2) is 29.8 Å². The van der Waals surface area contributed by atoms with Crippen LogP contribution in [0.4, 0.5) is 8.78 Å². The van der Waals surface area contributed by atoms with Gasteiger partial charge in [0.1, 0.15) is 17.2 Å². The molecule has 0 radical (unpaired) electrons. The highest BCUT2D eigenvalue weighted by atomic mass is 19.1. The number of hydrogen-bond acceptors (Lipinski definition) is 4. The number of aliphatic hydroxyl groups is 1. The van der Waals surface area contributed by atoms with Crippen LogP contribution >= 0.6 is 0 Å². The Morgan fingerprint density at radius 2 is 1.95 bits per heavy atom. The Morgan fingerprint density at radius 3 is 2.45 bits per heavy atom. The van der Waals surface area contributed by atoms with E-state index in [2.05, 4.69) is 5.32 Å². The number of carbonyl (C=O) groups is 1. The zero-order chi connectivity index (χ0) is 15.3. The van der Waals surface area contributed by atoms with E-state index in [0.29, 0.717) is 0 Å². The van der Waals surface area contributed by atoms with E-state index in [4.69, 9.17) is 4.74 Å². The Kier molecular flexibility index (Phi) is 5.59. The van der Waals surface area contributed by atoms with Gasteiger partial charge in [-0.3, -0.25) is 10.1 Å². The first kappa shape index (κ1) is 16.5. The van der Waals surface area contributed by atoms with Crippen molar-refractivity contribution < 1.29 is 23.4 Å². The molecule has 1 atom stereocenters. The van der Waals surface area contributed by atoms with E-state index in [1.54, 1.807) is 20.8 Å². The smallest absolute Gasteiger partial charge is 0.325 e. The van der Waals surface area contributed by atoms with Crippen molar-refractivity contribution in [3.8, 4) is 0 Å². The highest BCUT2D eigenvalue weighted by molar-refractivity contribution is 5.79. The molecule has 0 saturated carbocycles. The molecule has 0 fully saturated rings. The molecule has 6 heteroatoms. The lowest BCUT2D eigenvalue weighted by molar-refractivity contribution is -0.149. The van der Waals surface area contributed by atoms with Gasteiger partial charge in [0, 0.05) is 6.54 Å². The molecule has 1 aromatic carbocycles. The third-order valence-corrected chi connectivity index (χ3v) is 2.86. The summed E-state index contributed by atoms with van der Waals surface area (Å²) in [7, 11) is 0. The van der Waals surface area contributed by atoms with Gasteiger partial charge in [0.25, 0.3) is 0 Å². The summed E-state index contributed by atoms with van der Waals surface area (Å²) < 4.78 is 31.8. The van der Waals surface area contributed by atoms with Crippen LogP contribution in [0.5, 0.6) is 0 Å². The molecule has 0 aliphatic rings. The minimum Gasteiger partial charge on any atom is -0.465 e. The van der Waals surface area contributed by atoms with E-state index in [0.717, 1.165) is 12.1 Å². The van der Waals surface area contributed by atoms with E-state index in [9.17, 15) is 18.7 Å². The van der Waals surface area contributed by atoms with Crippen LogP contribution in [0.2, 0.25) is 0 Å². The topological polar surface area (TPSA) is 58.6 Å². The summed E-state index contributed by atoms with van der Waals surface area (Å²) in [6.45, 7) is 4.86. The van der Waals surface area contributed by atoms with Gasteiger partial charge in [-0.2, -0.15) is 0 Å². The second-order valence-electron chi connectivity index (χ2n) is 4.88. The number of carbonyl (C=O) groups excluding carboxylic acids is 1. The standard InChI is InChI=1S/C14H19F2NO3/c1-4-20-13(19)14(2,3)17-8-11(18)12-9(15)6-5-7-10(12)16/h5-7,11,17-18H,4,8H2,1-3H3. The number of halogens is 2. The predicted molar refractivity (Wildman–Crippen MR) is 70.0 cm³/mol. The minimum absolute atomic E-state index is 0.177. The quantitative estimate of drug-likeness (QED) is 0.785. The van der Waals surface area contributed by atoms with Gasteiger partial charge in [0.2, 0.25) is 0 Å². The molecule has 0 amide bonds. The molecule has 0 spiro atoms. The van der Waals surface area contributed by atoms with Crippen molar-refractivity contribution in [3.63, 3.8) is 0 Å². The monoisotopic (exact) mass is 287 g/mol. The average Bonchev–Trinajstić information content (AvgIpc) is 2.36. The van der Waals surface area contributed by atoms with E-state index < -0.39 is 34.8 Å². The van der Waals surface area contributed by atoms with Crippen LogP contribution in [0.3, 0.4) is 0 Å². The normalized spacial score (nSPS) is 13.1. The zero-order valence-electron chi connectivity index (χ0n) is 11.7. The van der Waals surface area contributed by atoms with Crippen molar-refractivity contribution in [2.75, 3.05) is 13.2 Å². The number of aliphatic hydroxyl groups excluding tert-OH is 1. The summed E-state index contributed by atoms with van der Waals surface area (Å²) in [6, 6.07) is 3.35. The number of benzene rings is 1. The van der Waals surface area contributed by atoms with Crippen LogP contribution in [-0.2, 0) is 9.53 Å². The summed E-state index contributed by atoms with van der Waals surface area (Å²) in [6.07, 6.45) is -1.40. The molecule has 0 aliphatic heterocycles. The maximum absolute atomic E-state index is 13.5. The number of hydrogen-bond donors (Lipinski definition) is 2. The lowest BCUT2D eigenvalue weighted by atomic mass is 10.0. The Morgan fingerprint density at radius 1 is 1.40 bits per heavy atom. The minimum atomic E-state index is -1.40. The maximum Gasteiger partial charge on any atom is 0.325 e. The molecule has 1 aromatic rings. The third-order valence-electron chi connectivity index (χ3n) is 2.86. The lowest BCUT2D eigenvalue weighted by Crippen LogP contribution is -2.49. The van der Waals surface area contributed by atoms with Crippen LogP contribution in [0.15, 0.2) is 18.2 Å². The molecular formula is C14H19F2NO3. The summed E-state index contributed by atoms with van der Waals surface area (Å²) in [5.74, 6) is -2.15. The molecule has 112 valence electrons. The number of esters is 1. The first-order valence-corrected chi connectivity index (χ1v) is 6.33. The molecule has 0 bridgehead atoms. The molecule has 0 saturated heterocycles. The molecule has 0 aliphatic carbocycles. The number of β-amino-alcohol motifs (C(OH)–C–C–N with tert-alkyl or cyclic N) is 1. The molecule has 1 unspecified atom stereocenters. The fraction of sp³-hybridized carbons (Fsp3) is 0.500. The van der Waals surface area contributed by atoms with Crippen molar-refractivity contribution in [3.05, 3.63) is 35.4 Å². The first-order chi connectivity index (χ1) is 9.29. The summed E-state index contributed by atoms with van der Waals surface area (Å²) >= 11 is 0. The van der Waals surface area contributed by atoms with Crippen molar-refractivity contribution in [1.29, 1.82) is 0 Å². The maximum atomic E-state index is 13.5. The highest BCUT2D eigenvalue weighted by Crippen LogP contribution is 2.20. The lowest BCUT2D eigenvalue weighted by Gasteiger charge is -2.25. The second-order valence-corrected chi connectivity index (χ2v) is 4.88. The predicted octanol–water partition coefficient (Wildman–Crippen LogP) is 1.93. The average molecular weight is 287 g/mol. The zero-order valence-corrected chi connectivity index (χ0v) is 11.7. The van der Waals surface area contributed by atoms with Gasteiger partial charge in [-0.25, -0.2) is 8.78 Å². The van der Waals surface area contributed by atoms with Gasteiger partial charge in [-0.1, -0.05) is 6.07 Å². The van der Waals surface area contributed by atoms with Gasteiger partial charge in [-0.15, -0.1) is 0 Å². The van der Waals surface area contributed by atoms with Crippen LogP contribution in [0.25, 0.3) is 0 Å². The van der Waals surface area contributed by atoms with Gasteiger partial charge in [-0.05, 0) is 32.9 Å². The largest absolute Gasteiger partial charge is 0.465 e. The summed E-state index contributed by atoms with van der Waals surface area (Å²) in [5, 5.41) is 12.6. The number of nitrogens with one attached hydrogen (secondary N) is 1. The fourth-order valence-electron chi connectivity index (χ4n) is 1.67. The van der Waals surface area contributed by atoms with E-state index >= 15 is 0 Å². The summed E-state index contributed by atoms with van der Waals surface area (Å²) in [5.41, 5.74) is -1.47. The van der Waals surface area contributed by atoms with Gasteiger partial charge < -0.3 is 9.84 Å². The summed E-state index contributed by atoms with van der Waals surface area (Å²) in [4.78, 5) is 11.6. The van der Waals surface area contributed by atoms with Gasteiger partial charge in [0.05, 0.1) is 18.3 Å². The molecule has 20 heavy (non-hydrogen) atoms. The van der Waals surface area contributed by atoms with E-state index in [-0.39, 0.29) is 13.2 Å². The molecule has 4 nitrogen and oxygen atoms in total. The fourth-order valence-corrected chi connectivity index (χ4v) is 1.67. The van der Waals surface area contributed by atoms with Crippen molar-refractivity contribution in [2.24, 2.45) is 0 Å². The van der Waals surface area contributed by atoms with Crippen LogP contribution in [0.1, 0.15) is 32.4 Å². The van der Waals surface area contributed by atoms with Crippen LogP contribution < -0.4 is 5.32 Å². The Balaban J connectivity index is 2.72.